The van der Waals surface area contributed by atoms with Crippen LogP contribution in [0.2, 0.25) is 0 Å². The van der Waals surface area contributed by atoms with Crippen LogP contribution >= 0.6 is 0 Å². The number of carboxylic acid groups (broad SMARTS) is 1. The highest BCUT2D eigenvalue weighted by Crippen LogP contribution is 2.33. The van der Waals surface area contributed by atoms with Crippen LogP contribution in [0.1, 0.15) is 69.9 Å². The predicted molar refractivity (Wildman–Crippen MR) is 146 cm³/mol. The van der Waals surface area contributed by atoms with Gasteiger partial charge in [0.2, 0.25) is 5.95 Å². The second-order valence-corrected chi connectivity index (χ2v) is 10.6. The molecule has 10 heteroatoms. The average molecular weight is 521 g/mol. The van der Waals surface area contributed by atoms with Gasteiger partial charge in [-0.3, -0.25) is 4.79 Å². The summed E-state index contributed by atoms with van der Waals surface area (Å²) >= 11 is 0. The van der Waals surface area contributed by atoms with Crippen LogP contribution in [0.5, 0.6) is 0 Å². The highest BCUT2D eigenvalue weighted by atomic mass is 16.6. The standard InChI is InChI=1S/C28H36N6O4/c1-5-15-29-24-23-25(33(18-30-23)17-22(35)36)32-26(31-24)34(27(37)38-28(2,3)4)16-19-11-13-21(14-12-19)20-9-7-6-8-10-20/h5,11-14,18,20H,1,6-10,15-17H2,2-4H3,(H,35,36)(H,29,31,32). The Morgan fingerprint density at radius 2 is 1.89 bits per heavy atom. The molecule has 1 aliphatic rings. The maximum Gasteiger partial charge on any atom is 0.417 e. The number of carbonyl (C=O) groups is 2. The summed E-state index contributed by atoms with van der Waals surface area (Å²) < 4.78 is 7.12. The summed E-state index contributed by atoms with van der Waals surface area (Å²) in [4.78, 5) is 39.7. The normalized spacial score (nSPS) is 14.3. The Bertz CT molecular complexity index is 1290. The van der Waals surface area contributed by atoms with Gasteiger partial charge in [0.15, 0.2) is 17.0 Å². The Labute approximate surface area is 222 Å². The van der Waals surface area contributed by atoms with E-state index in [9.17, 15) is 14.7 Å². The van der Waals surface area contributed by atoms with E-state index in [1.165, 1.54) is 53.5 Å². The van der Waals surface area contributed by atoms with E-state index in [-0.39, 0.29) is 19.0 Å². The Balaban J connectivity index is 1.72. The number of amides is 1. The first kappa shape index (κ1) is 27.1. The Morgan fingerprint density at radius 3 is 2.53 bits per heavy atom. The average Bonchev–Trinajstić information content (AvgIpc) is 3.27. The summed E-state index contributed by atoms with van der Waals surface area (Å²) in [5, 5.41) is 12.5. The molecule has 0 aliphatic heterocycles. The number of carboxylic acids is 1. The van der Waals surface area contributed by atoms with Crippen LogP contribution in [0, 0.1) is 0 Å². The molecule has 2 N–H and O–H groups in total. The van der Waals surface area contributed by atoms with Crippen LogP contribution in [-0.4, -0.2) is 48.8 Å². The molecule has 202 valence electrons. The first-order valence-corrected chi connectivity index (χ1v) is 13.0. The summed E-state index contributed by atoms with van der Waals surface area (Å²) in [6.45, 7) is 9.36. The number of hydrogen-bond acceptors (Lipinski definition) is 7. The zero-order valence-corrected chi connectivity index (χ0v) is 22.3. The summed E-state index contributed by atoms with van der Waals surface area (Å²) in [7, 11) is 0. The SMILES string of the molecule is C=CCNc1nc(N(Cc2ccc(C3CCCCC3)cc2)C(=O)OC(C)(C)C)nc2c1ncn2CC(=O)O. The molecule has 2 aromatic heterocycles. The number of ether oxygens (including phenoxy) is 1. The number of benzene rings is 1. The van der Waals surface area contributed by atoms with Gasteiger partial charge in [0, 0.05) is 6.54 Å². The van der Waals surface area contributed by atoms with E-state index in [0.29, 0.717) is 29.4 Å². The number of nitrogens with zero attached hydrogens (tertiary/aromatic N) is 5. The lowest BCUT2D eigenvalue weighted by molar-refractivity contribution is -0.137. The number of nitrogens with one attached hydrogen (secondary N) is 1. The zero-order chi connectivity index (χ0) is 27.3. The molecule has 3 aromatic rings. The smallest absolute Gasteiger partial charge is 0.417 e. The van der Waals surface area contributed by atoms with Gasteiger partial charge in [0.05, 0.1) is 12.9 Å². The van der Waals surface area contributed by atoms with Gasteiger partial charge >= 0.3 is 12.1 Å². The van der Waals surface area contributed by atoms with Crippen molar-refractivity contribution >= 4 is 35.0 Å². The van der Waals surface area contributed by atoms with Crippen LogP contribution in [0.15, 0.2) is 43.2 Å². The maximum absolute atomic E-state index is 13.4. The first-order chi connectivity index (χ1) is 18.1. The van der Waals surface area contributed by atoms with Gasteiger partial charge < -0.3 is 19.7 Å². The monoisotopic (exact) mass is 520 g/mol. The van der Waals surface area contributed by atoms with E-state index in [1.807, 2.05) is 12.1 Å². The summed E-state index contributed by atoms with van der Waals surface area (Å²) in [5.41, 5.74) is 2.18. The van der Waals surface area contributed by atoms with Crippen molar-refractivity contribution in [1.29, 1.82) is 0 Å². The fraction of sp³-hybridized carbons (Fsp3) is 0.464. The lowest BCUT2D eigenvalue weighted by Crippen LogP contribution is -2.37. The van der Waals surface area contributed by atoms with Crippen molar-refractivity contribution in [2.24, 2.45) is 0 Å². The van der Waals surface area contributed by atoms with E-state index in [2.05, 4.69) is 39.0 Å². The third-order valence-corrected chi connectivity index (χ3v) is 6.42. The molecule has 10 nitrogen and oxygen atoms in total. The number of fused-ring (bicyclic) bond motifs is 1. The second-order valence-electron chi connectivity index (χ2n) is 10.6. The molecule has 2 heterocycles. The van der Waals surface area contributed by atoms with Gasteiger partial charge in [-0.1, -0.05) is 49.6 Å². The largest absolute Gasteiger partial charge is 0.480 e. The third-order valence-electron chi connectivity index (χ3n) is 6.42. The summed E-state index contributed by atoms with van der Waals surface area (Å²) in [6, 6.07) is 8.35. The van der Waals surface area contributed by atoms with Crippen molar-refractivity contribution in [2.75, 3.05) is 16.8 Å². The van der Waals surface area contributed by atoms with Crippen LogP contribution in [0.3, 0.4) is 0 Å². The maximum atomic E-state index is 13.4. The Kier molecular flexibility index (Phi) is 8.29. The first-order valence-electron chi connectivity index (χ1n) is 13.0. The number of hydrogen-bond donors (Lipinski definition) is 2. The summed E-state index contributed by atoms with van der Waals surface area (Å²) in [5.74, 6) is 0.00248. The number of aromatic nitrogens is 4. The molecule has 1 saturated carbocycles. The molecule has 0 spiro atoms. The molecule has 1 aromatic carbocycles. The molecule has 0 bridgehead atoms. The molecule has 1 fully saturated rings. The van der Waals surface area contributed by atoms with E-state index < -0.39 is 17.7 Å². The Morgan fingerprint density at radius 1 is 1.18 bits per heavy atom. The van der Waals surface area contributed by atoms with Gasteiger partial charge in [-0.2, -0.15) is 9.97 Å². The second kappa shape index (κ2) is 11.6. The van der Waals surface area contributed by atoms with Crippen molar-refractivity contribution in [1.82, 2.24) is 19.5 Å². The molecule has 1 amide bonds. The number of imidazole rings is 1. The zero-order valence-electron chi connectivity index (χ0n) is 22.3. The minimum Gasteiger partial charge on any atom is -0.480 e. The van der Waals surface area contributed by atoms with Crippen molar-refractivity contribution < 1.29 is 19.4 Å². The van der Waals surface area contributed by atoms with Gasteiger partial charge in [-0.25, -0.2) is 14.7 Å². The van der Waals surface area contributed by atoms with Gasteiger partial charge in [-0.15, -0.1) is 6.58 Å². The van der Waals surface area contributed by atoms with Crippen LogP contribution in [0.25, 0.3) is 11.2 Å². The van der Waals surface area contributed by atoms with E-state index in [1.54, 1.807) is 26.8 Å². The molecule has 38 heavy (non-hydrogen) atoms. The molecule has 1 aliphatic carbocycles. The Hall–Kier alpha value is -3.95. The highest BCUT2D eigenvalue weighted by Gasteiger charge is 2.28. The minimum atomic E-state index is -1.04. The molecule has 0 atom stereocenters. The van der Waals surface area contributed by atoms with Crippen molar-refractivity contribution in [3.05, 3.63) is 54.4 Å². The fourth-order valence-corrected chi connectivity index (χ4v) is 4.65. The predicted octanol–water partition coefficient (Wildman–Crippen LogP) is 5.50. The van der Waals surface area contributed by atoms with Crippen molar-refractivity contribution in [2.45, 2.75) is 77.5 Å². The van der Waals surface area contributed by atoms with Gasteiger partial charge in [0.1, 0.15) is 12.1 Å². The van der Waals surface area contributed by atoms with Crippen LogP contribution < -0.4 is 10.2 Å². The van der Waals surface area contributed by atoms with Gasteiger partial charge in [0.25, 0.3) is 0 Å². The minimum absolute atomic E-state index is 0.0850. The van der Waals surface area contributed by atoms with Gasteiger partial charge in [-0.05, 0) is 50.7 Å². The molecular weight excluding hydrogens is 484 g/mol. The number of rotatable bonds is 9. The van der Waals surface area contributed by atoms with Crippen molar-refractivity contribution in [3.8, 4) is 0 Å². The van der Waals surface area contributed by atoms with Crippen LogP contribution in [-0.2, 0) is 22.6 Å². The highest BCUT2D eigenvalue weighted by molar-refractivity contribution is 5.90. The van der Waals surface area contributed by atoms with Crippen LogP contribution in [0.4, 0.5) is 16.6 Å². The number of carbonyl (C=O) groups excluding carboxylic acids is 1. The quantitative estimate of drug-likeness (QED) is 0.355. The lowest BCUT2D eigenvalue weighted by atomic mass is 9.84. The summed E-state index contributed by atoms with van der Waals surface area (Å²) in [6.07, 6.45) is 8.72. The molecule has 0 saturated heterocycles. The molecular formula is C28H36N6O4. The molecule has 4 rings (SSSR count). The molecule has 0 unspecified atom stereocenters. The fourth-order valence-electron chi connectivity index (χ4n) is 4.65. The lowest BCUT2D eigenvalue weighted by Gasteiger charge is -2.27. The topological polar surface area (TPSA) is 122 Å². The molecule has 0 radical (unpaired) electrons. The van der Waals surface area contributed by atoms with E-state index >= 15 is 0 Å². The van der Waals surface area contributed by atoms with E-state index in [4.69, 9.17) is 4.74 Å². The third kappa shape index (κ3) is 6.67. The number of anilines is 2. The number of aliphatic carboxylic acids is 1. The van der Waals surface area contributed by atoms with Crippen molar-refractivity contribution in [3.63, 3.8) is 0 Å². The van der Waals surface area contributed by atoms with E-state index in [0.717, 1.165) is 5.56 Å².